The number of para-hydroxylation sites is 2. The molecule has 0 heterocycles. The standard InChI is InChI=1S/C32H36N2O6/c1-5-19-11-7-9-13-22(19)33-30(37)28-25(36)18-32(3,39)29(27(28)21-15-16-24(35)26(17-21)40-4)31(38)34-23-14-10-8-12-20(23)6-2/h7-17,27-29,35,39H,5-6,18H2,1-4H3,(H,33,37)(H,34,38). The Bertz CT molecular complexity index is 1420. The van der Waals surface area contributed by atoms with Crippen LogP contribution in [-0.4, -0.2) is 40.5 Å². The number of anilines is 2. The highest BCUT2D eigenvalue weighted by Crippen LogP contribution is 2.48. The molecule has 3 aromatic carbocycles. The van der Waals surface area contributed by atoms with E-state index >= 15 is 0 Å². The third-order valence-corrected chi connectivity index (χ3v) is 7.73. The molecule has 1 aliphatic carbocycles. The molecule has 1 saturated carbocycles. The molecule has 0 saturated heterocycles. The highest BCUT2D eigenvalue weighted by atomic mass is 16.5. The molecular formula is C32H36N2O6. The molecule has 8 nitrogen and oxygen atoms in total. The SMILES string of the molecule is CCc1ccccc1NC(=O)C1C(=O)CC(C)(O)C(C(=O)Nc2ccccc2CC)C1c1ccc(O)c(OC)c1. The van der Waals surface area contributed by atoms with Gasteiger partial charge in [0, 0.05) is 23.7 Å². The van der Waals surface area contributed by atoms with Gasteiger partial charge in [0.05, 0.1) is 18.6 Å². The first-order valence-electron chi connectivity index (χ1n) is 13.5. The molecule has 8 heteroatoms. The summed E-state index contributed by atoms with van der Waals surface area (Å²) in [7, 11) is 1.39. The number of carbonyl (C=O) groups excluding carboxylic acids is 3. The lowest BCUT2D eigenvalue weighted by Gasteiger charge is -2.44. The van der Waals surface area contributed by atoms with Crippen LogP contribution in [0.3, 0.4) is 0 Å². The zero-order valence-corrected chi connectivity index (χ0v) is 23.2. The van der Waals surface area contributed by atoms with Crippen LogP contribution in [-0.2, 0) is 27.2 Å². The molecule has 1 aliphatic rings. The highest BCUT2D eigenvalue weighted by Gasteiger charge is 2.56. The first kappa shape index (κ1) is 28.8. The van der Waals surface area contributed by atoms with Gasteiger partial charge in [-0.15, -0.1) is 0 Å². The Morgan fingerprint density at radius 2 is 1.48 bits per heavy atom. The summed E-state index contributed by atoms with van der Waals surface area (Å²) in [6.07, 6.45) is 0.973. The van der Waals surface area contributed by atoms with Gasteiger partial charge in [0.1, 0.15) is 11.7 Å². The minimum atomic E-state index is -1.75. The van der Waals surface area contributed by atoms with E-state index < -0.39 is 41.0 Å². The number of nitrogens with one attached hydrogen (secondary N) is 2. The smallest absolute Gasteiger partial charge is 0.235 e. The van der Waals surface area contributed by atoms with E-state index in [1.54, 1.807) is 30.3 Å². The van der Waals surface area contributed by atoms with Gasteiger partial charge >= 0.3 is 0 Å². The zero-order chi connectivity index (χ0) is 29.0. The molecule has 4 unspecified atom stereocenters. The van der Waals surface area contributed by atoms with E-state index in [9.17, 15) is 24.6 Å². The van der Waals surface area contributed by atoms with Crippen LogP contribution in [0.5, 0.6) is 11.5 Å². The van der Waals surface area contributed by atoms with Crippen molar-refractivity contribution in [3.05, 3.63) is 83.4 Å². The number of phenolic OH excluding ortho intramolecular Hbond substituents is 1. The molecule has 0 bridgehead atoms. The van der Waals surface area contributed by atoms with Crippen molar-refractivity contribution in [1.82, 2.24) is 0 Å². The number of ketones is 1. The van der Waals surface area contributed by atoms with Gasteiger partial charge in [-0.05, 0) is 60.7 Å². The molecule has 210 valence electrons. The van der Waals surface area contributed by atoms with Crippen LogP contribution < -0.4 is 15.4 Å². The first-order chi connectivity index (χ1) is 19.1. The van der Waals surface area contributed by atoms with E-state index in [2.05, 4.69) is 10.6 Å². The number of aromatic hydroxyl groups is 1. The van der Waals surface area contributed by atoms with Crippen LogP contribution in [0.2, 0.25) is 0 Å². The second-order valence-electron chi connectivity index (χ2n) is 10.4. The molecule has 2 amide bonds. The van der Waals surface area contributed by atoms with E-state index in [1.165, 1.54) is 26.2 Å². The lowest BCUT2D eigenvalue weighted by atomic mass is 9.61. The number of aliphatic hydroxyl groups is 1. The quantitative estimate of drug-likeness (QED) is 0.301. The van der Waals surface area contributed by atoms with Crippen LogP contribution >= 0.6 is 0 Å². The number of rotatable bonds is 8. The summed E-state index contributed by atoms with van der Waals surface area (Å²) < 4.78 is 5.30. The summed E-state index contributed by atoms with van der Waals surface area (Å²) >= 11 is 0. The van der Waals surface area contributed by atoms with E-state index in [1.807, 2.05) is 38.1 Å². The summed E-state index contributed by atoms with van der Waals surface area (Å²) in [5.74, 6) is -5.07. The second-order valence-corrected chi connectivity index (χ2v) is 10.4. The van der Waals surface area contributed by atoms with Gasteiger partial charge < -0.3 is 25.6 Å². The molecule has 1 fully saturated rings. The fourth-order valence-corrected chi connectivity index (χ4v) is 5.72. The Labute approximate surface area is 234 Å². The fourth-order valence-electron chi connectivity index (χ4n) is 5.72. The van der Waals surface area contributed by atoms with Gasteiger partial charge in [0.2, 0.25) is 11.8 Å². The maximum Gasteiger partial charge on any atom is 0.235 e. The van der Waals surface area contributed by atoms with E-state index in [-0.39, 0.29) is 17.9 Å². The average Bonchev–Trinajstić information content (AvgIpc) is 2.92. The van der Waals surface area contributed by atoms with Gasteiger partial charge in [-0.3, -0.25) is 14.4 Å². The Hall–Kier alpha value is -4.17. The van der Waals surface area contributed by atoms with Crippen LogP contribution in [0.25, 0.3) is 0 Å². The van der Waals surface area contributed by atoms with E-state index in [0.29, 0.717) is 29.8 Å². The number of phenols is 1. The summed E-state index contributed by atoms with van der Waals surface area (Å²) in [5, 5.41) is 27.7. The van der Waals surface area contributed by atoms with E-state index in [0.717, 1.165) is 11.1 Å². The van der Waals surface area contributed by atoms with E-state index in [4.69, 9.17) is 4.74 Å². The van der Waals surface area contributed by atoms with Crippen molar-refractivity contribution >= 4 is 29.0 Å². The normalized spacial score (nSPS) is 22.4. The third-order valence-electron chi connectivity index (χ3n) is 7.73. The number of Topliss-reactive ketones (excluding diaryl/α,β-unsaturated/α-hetero) is 1. The van der Waals surface area contributed by atoms with Crippen molar-refractivity contribution in [2.75, 3.05) is 17.7 Å². The van der Waals surface area contributed by atoms with Crippen LogP contribution in [0, 0.1) is 11.8 Å². The first-order valence-corrected chi connectivity index (χ1v) is 13.5. The minimum absolute atomic E-state index is 0.126. The van der Waals surface area contributed by atoms with Gasteiger partial charge in [0.25, 0.3) is 0 Å². The Kier molecular flexibility index (Phi) is 8.59. The maximum absolute atomic E-state index is 14.0. The molecule has 3 aromatic rings. The zero-order valence-electron chi connectivity index (χ0n) is 23.2. The molecule has 0 aromatic heterocycles. The van der Waals surface area contributed by atoms with Gasteiger partial charge in [-0.2, -0.15) is 0 Å². The van der Waals surface area contributed by atoms with Crippen molar-refractivity contribution < 1.29 is 29.3 Å². The largest absolute Gasteiger partial charge is 0.504 e. The van der Waals surface area contributed by atoms with Crippen molar-refractivity contribution in [2.24, 2.45) is 11.8 Å². The van der Waals surface area contributed by atoms with Gasteiger partial charge in [-0.25, -0.2) is 0 Å². The Morgan fingerprint density at radius 3 is 2.02 bits per heavy atom. The molecule has 0 aliphatic heterocycles. The number of methoxy groups -OCH3 is 1. The number of ether oxygens (including phenoxy) is 1. The minimum Gasteiger partial charge on any atom is -0.504 e. The fraction of sp³-hybridized carbons (Fsp3) is 0.344. The number of benzene rings is 3. The molecule has 40 heavy (non-hydrogen) atoms. The molecule has 4 atom stereocenters. The lowest BCUT2D eigenvalue weighted by Crippen LogP contribution is -2.56. The Balaban J connectivity index is 1.83. The van der Waals surface area contributed by atoms with Crippen LogP contribution in [0.4, 0.5) is 11.4 Å². The number of hydrogen-bond donors (Lipinski definition) is 4. The monoisotopic (exact) mass is 544 g/mol. The number of amides is 2. The average molecular weight is 545 g/mol. The van der Waals surface area contributed by atoms with Crippen molar-refractivity contribution in [1.29, 1.82) is 0 Å². The molecule has 4 rings (SSSR count). The maximum atomic E-state index is 14.0. The number of carbonyl (C=O) groups is 3. The topological polar surface area (TPSA) is 125 Å². The highest BCUT2D eigenvalue weighted by molar-refractivity contribution is 6.10. The number of hydrogen-bond acceptors (Lipinski definition) is 6. The van der Waals surface area contributed by atoms with Crippen molar-refractivity contribution in [3.63, 3.8) is 0 Å². The predicted octanol–water partition coefficient (Wildman–Crippen LogP) is 4.84. The molecular weight excluding hydrogens is 508 g/mol. The summed E-state index contributed by atoms with van der Waals surface area (Å²) in [6, 6.07) is 19.2. The van der Waals surface area contributed by atoms with Crippen molar-refractivity contribution in [3.8, 4) is 11.5 Å². The molecule has 0 spiro atoms. The summed E-state index contributed by atoms with van der Waals surface area (Å²) in [6.45, 7) is 5.39. The Morgan fingerprint density at radius 1 is 0.925 bits per heavy atom. The second kappa shape index (κ2) is 11.9. The van der Waals surface area contributed by atoms with Crippen LogP contribution in [0.1, 0.15) is 49.8 Å². The van der Waals surface area contributed by atoms with Gasteiger partial charge in [-0.1, -0.05) is 56.3 Å². The van der Waals surface area contributed by atoms with Crippen LogP contribution in [0.15, 0.2) is 66.7 Å². The van der Waals surface area contributed by atoms with Gasteiger partial charge in [0.15, 0.2) is 11.5 Å². The molecule has 4 N–H and O–H groups in total. The summed E-state index contributed by atoms with van der Waals surface area (Å²) in [5.41, 5.74) is 1.66. The third kappa shape index (κ3) is 5.72. The summed E-state index contributed by atoms with van der Waals surface area (Å²) in [4.78, 5) is 41.5. The number of aryl methyl sites for hydroxylation is 2. The predicted molar refractivity (Wildman–Crippen MR) is 154 cm³/mol. The lowest BCUT2D eigenvalue weighted by molar-refractivity contribution is -0.150. The molecule has 0 radical (unpaired) electrons. The van der Waals surface area contributed by atoms with Crippen molar-refractivity contribution in [2.45, 2.75) is 51.6 Å².